The summed E-state index contributed by atoms with van der Waals surface area (Å²) in [5.41, 5.74) is 2.57. The lowest BCUT2D eigenvalue weighted by Gasteiger charge is -2.38. The number of nitrogens with zero attached hydrogens (tertiary/aromatic N) is 3. The average Bonchev–Trinajstić information content (AvgIpc) is 3.52. The Balaban J connectivity index is 1.01. The summed E-state index contributed by atoms with van der Waals surface area (Å²) in [7, 11) is -3.53. The molecule has 4 atom stereocenters. The number of sulfone groups is 1. The average molecular weight is 661 g/mol. The molecule has 7 rings (SSSR count). The maximum absolute atomic E-state index is 12.9. The summed E-state index contributed by atoms with van der Waals surface area (Å²) in [6.07, 6.45) is 6.43. The van der Waals surface area contributed by atoms with Crippen LogP contribution >= 0.6 is 23.2 Å². The first-order chi connectivity index (χ1) is 21.2. The van der Waals surface area contributed by atoms with Crippen molar-refractivity contribution in [3.8, 4) is 11.3 Å². The van der Waals surface area contributed by atoms with E-state index >= 15 is 0 Å². The third-order valence-corrected chi connectivity index (χ3v) is 12.5. The molecular weight excluding hydrogens is 625 g/mol. The van der Waals surface area contributed by atoms with Gasteiger partial charge in [0.2, 0.25) is 0 Å². The van der Waals surface area contributed by atoms with Crippen LogP contribution < -0.4 is 4.90 Å². The molecule has 0 unspecified atom stereocenters. The van der Waals surface area contributed by atoms with Gasteiger partial charge in [0.25, 0.3) is 0 Å². The van der Waals surface area contributed by atoms with Crippen molar-refractivity contribution in [3.05, 3.63) is 63.5 Å². The number of aromatic nitrogens is 2. The minimum absolute atomic E-state index is 0.0685. The Morgan fingerprint density at radius 3 is 2.48 bits per heavy atom. The zero-order valence-electron chi connectivity index (χ0n) is 24.5. The van der Waals surface area contributed by atoms with E-state index in [1.165, 1.54) is 6.20 Å². The minimum atomic E-state index is -3.53. The first-order valence-electron chi connectivity index (χ1n) is 15.3. The third kappa shape index (κ3) is 5.68. The summed E-state index contributed by atoms with van der Waals surface area (Å²) >= 11 is 13.1. The molecule has 0 amide bonds. The van der Waals surface area contributed by atoms with Gasteiger partial charge in [-0.25, -0.2) is 13.4 Å². The van der Waals surface area contributed by atoms with Crippen molar-refractivity contribution in [2.45, 2.75) is 81.4 Å². The summed E-state index contributed by atoms with van der Waals surface area (Å²) in [6.45, 7) is 3.39. The van der Waals surface area contributed by atoms with Gasteiger partial charge in [-0.15, -0.1) is 0 Å². The van der Waals surface area contributed by atoms with Gasteiger partial charge in [-0.2, -0.15) is 0 Å². The van der Waals surface area contributed by atoms with E-state index in [4.69, 9.17) is 37.2 Å². The highest BCUT2D eigenvalue weighted by Gasteiger charge is 2.50. The molecular formula is C32H35Cl2N3O6S. The van der Waals surface area contributed by atoms with Crippen molar-refractivity contribution in [2.24, 2.45) is 5.92 Å². The molecule has 2 aliphatic heterocycles. The molecule has 4 aliphatic rings. The van der Waals surface area contributed by atoms with Crippen LogP contribution in [0.25, 0.3) is 11.3 Å². The number of benzene rings is 1. The number of hydrogen-bond acceptors (Lipinski definition) is 9. The number of anilines is 1. The molecule has 234 valence electrons. The molecule has 2 saturated heterocycles. The molecule has 0 spiro atoms. The minimum Gasteiger partial charge on any atom is -0.381 e. The molecule has 2 aromatic heterocycles. The molecule has 12 heteroatoms. The number of halogens is 2. The van der Waals surface area contributed by atoms with Gasteiger partial charge in [-0.05, 0) is 69.7 Å². The van der Waals surface area contributed by atoms with Crippen LogP contribution in [0.15, 0.2) is 41.1 Å². The normalized spacial score (nSPS) is 25.6. The molecule has 2 saturated carbocycles. The van der Waals surface area contributed by atoms with Crippen molar-refractivity contribution in [1.82, 2.24) is 10.1 Å². The van der Waals surface area contributed by atoms with Crippen molar-refractivity contribution in [3.63, 3.8) is 0 Å². The number of carbonyl (C=O) groups is 1. The highest BCUT2D eigenvalue weighted by Crippen LogP contribution is 2.48. The van der Waals surface area contributed by atoms with E-state index in [0.29, 0.717) is 71.4 Å². The molecule has 1 aromatic carbocycles. The van der Waals surface area contributed by atoms with Gasteiger partial charge in [-0.3, -0.25) is 4.79 Å². The summed E-state index contributed by atoms with van der Waals surface area (Å²) in [5.74, 6) is 1.40. The Hall–Kier alpha value is -2.50. The van der Waals surface area contributed by atoms with Crippen LogP contribution in [-0.2, 0) is 25.9 Å². The van der Waals surface area contributed by atoms with Crippen LogP contribution in [0.3, 0.4) is 0 Å². The Kier molecular flexibility index (Phi) is 8.24. The maximum Gasteiger partial charge on any atom is 0.179 e. The Bertz CT molecular complexity index is 1630. The Morgan fingerprint density at radius 2 is 1.82 bits per heavy atom. The van der Waals surface area contributed by atoms with Gasteiger partial charge in [-0.1, -0.05) is 34.4 Å². The van der Waals surface area contributed by atoms with Gasteiger partial charge < -0.3 is 18.9 Å². The van der Waals surface area contributed by atoms with E-state index in [9.17, 15) is 13.2 Å². The monoisotopic (exact) mass is 659 g/mol. The summed E-state index contributed by atoms with van der Waals surface area (Å²) in [5, 5.41) is 4.92. The summed E-state index contributed by atoms with van der Waals surface area (Å²) < 4.78 is 43.2. The number of pyridine rings is 1. The quantitative estimate of drug-likeness (QED) is 0.232. The second-order valence-electron chi connectivity index (χ2n) is 12.5. The van der Waals surface area contributed by atoms with E-state index < -0.39 is 26.6 Å². The van der Waals surface area contributed by atoms with Gasteiger partial charge in [0.15, 0.2) is 15.6 Å². The lowest BCUT2D eigenvalue weighted by molar-refractivity contribution is 0.00359. The molecule has 2 aliphatic carbocycles. The lowest BCUT2D eigenvalue weighted by Crippen LogP contribution is -2.45. The number of fused-ring (bicyclic) bond motifs is 2. The fraction of sp³-hybridized carbons (Fsp3) is 0.531. The predicted octanol–water partition coefficient (Wildman–Crippen LogP) is 6.27. The van der Waals surface area contributed by atoms with Gasteiger partial charge in [0.05, 0.1) is 28.0 Å². The summed E-state index contributed by atoms with van der Waals surface area (Å²) in [6, 6.07) is 9.39. The van der Waals surface area contributed by atoms with Crippen molar-refractivity contribution < 1.29 is 27.2 Å². The van der Waals surface area contributed by atoms with E-state index in [-0.39, 0.29) is 18.2 Å². The van der Waals surface area contributed by atoms with Gasteiger partial charge in [0, 0.05) is 60.0 Å². The third-order valence-electron chi connectivity index (χ3n) is 9.73. The SMILES string of the molecule is C[C@@H]1[C@@H]2C[C@@H](C[C@H]2OCc2c(-c3c(Cl)cccc3Cl)noc2C2CC2)N1c1ccc(C(=O)CS(=O)(=O)C2CCOCC2)cn1. The van der Waals surface area contributed by atoms with Crippen LogP contribution in [0.5, 0.6) is 0 Å². The molecule has 4 heterocycles. The molecule has 9 nitrogen and oxygen atoms in total. The Labute approximate surface area is 267 Å². The smallest absolute Gasteiger partial charge is 0.179 e. The van der Waals surface area contributed by atoms with Crippen LogP contribution in [-0.4, -0.2) is 66.7 Å². The van der Waals surface area contributed by atoms with Crippen molar-refractivity contribution >= 4 is 44.6 Å². The number of rotatable bonds is 10. The van der Waals surface area contributed by atoms with Crippen LogP contribution in [0.4, 0.5) is 5.82 Å². The van der Waals surface area contributed by atoms with E-state index in [2.05, 4.69) is 22.0 Å². The second kappa shape index (κ2) is 12.0. The van der Waals surface area contributed by atoms with Crippen molar-refractivity contribution in [2.75, 3.05) is 23.9 Å². The number of ether oxygens (including phenoxy) is 2. The number of piperidine rings is 1. The molecule has 3 aromatic rings. The first kappa shape index (κ1) is 30.2. The topological polar surface area (TPSA) is 112 Å². The molecule has 4 fully saturated rings. The van der Waals surface area contributed by atoms with Gasteiger partial charge in [0.1, 0.15) is 23.0 Å². The zero-order valence-corrected chi connectivity index (χ0v) is 26.8. The maximum atomic E-state index is 12.9. The van der Waals surface area contributed by atoms with Crippen LogP contribution in [0, 0.1) is 5.92 Å². The predicted molar refractivity (Wildman–Crippen MR) is 167 cm³/mol. The van der Waals surface area contributed by atoms with Crippen molar-refractivity contribution in [1.29, 1.82) is 0 Å². The van der Waals surface area contributed by atoms with E-state index in [1.54, 1.807) is 18.2 Å². The highest BCUT2D eigenvalue weighted by molar-refractivity contribution is 7.92. The molecule has 0 N–H and O–H groups in total. The number of Topliss-reactive ketones (excluding diaryl/α,β-unsaturated/α-hetero) is 1. The van der Waals surface area contributed by atoms with E-state index in [1.807, 2.05) is 12.1 Å². The lowest BCUT2D eigenvalue weighted by atomic mass is 9.97. The number of hydrogen-bond donors (Lipinski definition) is 0. The number of carbonyl (C=O) groups excluding carboxylic acids is 1. The van der Waals surface area contributed by atoms with Crippen LogP contribution in [0.2, 0.25) is 10.0 Å². The second-order valence-corrected chi connectivity index (χ2v) is 15.6. The summed E-state index contributed by atoms with van der Waals surface area (Å²) in [4.78, 5) is 19.8. The van der Waals surface area contributed by atoms with Crippen LogP contribution in [0.1, 0.15) is 73.0 Å². The fourth-order valence-electron chi connectivity index (χ4n) is 7.23. The van der Waals surface area contributed by atoms with E-state index in [0.717, 1.165) is 42.8 Å². The van der Waals surface area contributed by atoms with Gasteiger partial charge >= 0.3 is 0 Å². The number of ketones is 1. The molecule has 2 bridgehead atoms. The molecule has 0 radical (unpaired) electrons. The highest BCUT2D eigenvalue weighted by atomic mass is 35.5. The first-order valence-corrected chi connectivity index (χ1v) is 17.8. The Morgan fingerprint density at radius 1 is 1.07 bits per heavy atom. The fourth-order valence-corrected chi connectivity index (χ4v) is 9.48. The largest absolute Gasteiger partial charge is 0.381 e. The molecule has 44 heavy (non-hydrogen) atoms. The zero-order chi connectivity index (χ0) is 30.6. The standard InChI is InChI=1S/C32H35Cl2N3O6S/c1-18-23-13-21(37(18)29-8-7-20(15-35-29)27(38)17-44(39,40)22-9-11-41-12-10-22)14-28(23)42-16-24-31(36-43-32(24)19-5-6-19)30-25(33)3-2-4-26(30)34/h2-4,7-8,15,18-19,21-23,28H,5-6,9-14,16-17H2,1H3/t18-,21+,23+,28-/m1/s1.